The van der Waals surface area contributed by atoms with Gasteiger partial charge < -0.3 is 24.0 Å². The summed E-state index contributed by atoms with van der Waals surface area (Å²) >= 11 is 0. The molecule has 1 aromatic heterocycles. The highest BCUT2D eigenvalue weighted by Gasteiger charge is 2.28. The average molecular weight is 498 g/mol. The number of nitrogens with zero attached hydrogens (tertiary/aromatic N) is 3. The standard InChI is InChI=1S/C28H36FN3O4/c1-3-21(2)32(17-23(33)20-35-19-22-9-5-4-6-10-22)18-25-27(24-11-7-8-12-26(24)29)30-36-28(25)31-13-15-34-16-14-31/h4-12,21,23,33H,3,13-20H2,1-2H3/t21-,23+/m0/s1. The van der Waals surface area contributed by atoms with Gasteiger partial charge in [0.2, 0.25) is 5.88 Å². The highest BCUT2D eigenvalue weighted by atomic mass is 19.1. The van der Waals surface area contributed by atoms with Gasteiger partial charge in [0.1, 0.15) is 11.5 Å². The number of rotatable bonds is 12. The molecule has 36 heavy (non-hydrogen) atoms. The Kier molecular flexibility index (Phi) is 9.47. The first kappa shape index (κ1) is 26.3. The lowest BCUT2D eigenvalue weighted by atomic mass is 10.0. The molecule has 1 fully saturated rings. The molecule has 0 aliphatic carbocycles. The maximum Gasteiger partial charge on any atom is 0.232 e. The van der Waals surface area contributed by atoms with Crippen molar-refractivity contribution in [1.82, 2.24) is 10.1 Å². The number of halogens is 1. The number of benzene rings is 2. The van der Waals surface area contributed by atoms with Crippen LogP contribution in [0.5, 0.6) is 0 Å². The fourth-order valence-electron chi connectivity index (χ4n) is 4.39. The molecule has 0 unspecified atom stereocenters. The lowest BCUT2D eigenvalue weighted by molar-refractivity contribution is 0.00146. The molecule has 1 aliphatic rings. The number of anilines is 1. The molecule has 0 bridgehead atoms. The van der Waals surface area contributed by atoms with E-state index in [1.165, 1.54) is 6.07 Å². The van der Waals surface area contributed by atoms with Crippen LogP contribution in [0.25, 0.3) is 11.3 Å². The van der Waals surface area contributed by atoms with Crippen LogP contribution in [-0.2, 0) is 22.6 Å². The maximum atomic E-state index is 14.8. The minimum Gasteiger partial charge on any atom is -0.389 e. The average Bonchev–Trinajstić information content (AvgIpc) is 3.32. The van der Waals surface area contributed by atoms with Gasteiger partial charge in [-0.1, -0.05) is 54.5 Å². The summed E-state index contributed by atoms with van der Waals surface area (Å²) in [5, 5.41) is 15.1. The molecule has 1 N–H and O–H groups in total. The van der Waals surface area contributed by atoms with E-state index in [1.807, 2.05) is 30.3 Å². The largest absolute Gasteiger partial charge is 0.389 e. The lowest BCUT2D eigenvalue weighted by Gasteiger charge is -2.32. The zero-order valence-corrected chi connectivity index (χ0v) is 21.1. The van der Waals surface area contributed by atoms with Gasteiger partial charge in [-0.05, 0) is 31.0 Å². The van der Waals surface area contributed by atoms with Crippen LogP contribution in [0.3, 0.4) is 0 Å². The van der Waals surface area contributed by atoms with Crippen LogP contribution in [0.2, 0.25) is 0 Å². The summed E-state index contributed by atoms with van der Waals surface area (Å²) in [6, 6.07) is 16.7. The predicted molar refractivity (Wildman–Crippen MR) is 137 cm³/mol. The van der Waals surface area contributed by atoms with Crippen molar-refractivity contribution in [3.63, 3.8) is 0 Å². The van der Waals surface area contributed by atoms with E-state index in [0.717, 1.165) is 17.5 Å². The normalized spacial score (nSPS) is 15.9. The number of hydrogen-bond acceptors (Lipinski definition) is 7. The molecule has 0 radical (unpaired) electrons. The van der Waals surface area contributed by atoms with Crippen LogP contribution in [0, 0.1) is 5.82 Å². The summed E-state index contributed by atoms with van der Waals surface area (Å²) in [5.74, 6) is 0.296. The third kappa shape index (κ3) is 6.70. The quantitative estimate of drug-likeness (QED) is 0.395. The van der Waals surface area contributed by atoms with Gasteiger partial charge in [-0.2, -0.15) is 0 Å². The van der Waals surface area contributed by atoms with E-state index in [0.29, 0.717) is 63.1 Å². The van der Waals surface area contributed by atoms with Crippen molar-refractivity contribution < 1.29 is 23.5 Å². The summed E-state index contributed by atoms with van der Waals surface area (Å²) in [4.78, 5) is 4.29. The smallest absolute Gasteiger partial charge is 0.232 e. The van der Waals surface area contributed by atoms with Crippen molar-refractivity contribution in [2.75, 3.05) is 44.4 Å². The molecule has 1 aliphatic heterocycles. The highest BCUT2D eigenvalue weighted by Crippen LogP contribution is 2.34. The fraction of sp³-hybridized carbons (Fsp3) is 0.464. The van der Waals surface area contributed by atoms with E-state index < -0.39 is 6.10 Å². The van der Waals surface area contributed by atoms with E-state index >= 15 is 0 Å². The molecule has 4 rings (SSSR count). The second-order valence-corrected chi connectivity index (χ2v) is 9.24. The van der Waals surface area contributed by atoms with Crippen molar-refractivity contribution >= 4 is 5.88 Å². The van der Waals surface area contributed by atoms with Crippen LogP contribution < -0.4 is 4.90 Å². The molecule has 1 saturated heterocycles. The van der Waals surface area contributed by atoms with Gasteiger partial charge in [0.25, 0.3) is 0 Å². The Morgan fingerprint density at radius 2 is 1.83 bits per heavy atom. The molecule has 0 saturated carbocycles. The minimum atomic E-state index is -0.675. The Hall–Kier alpha value is -2.78. The van der Waals surface area contributed by atoms with E-state index in [9.17, 15) is 9.50 Å². The van der Waals surface area contributed by atoms with Gasteiger partial charge in [0, 0.05) is 37.8 Å². The number of aromatic nitrogens is 1. The molecule has 0 amide bonds. The van der Waals surface area contributed by atoms with E-state index in [2.05, 4.69) is 28.8 Å². The summed E-state index contributed by atoms with van der Waals surface area (Å²) in [6.07, 6.45) is 0.219. The van der Waals surface area contributed by atoms with Crippen molar-refractivity contribution in [2.24, 2.45) is 0 Å². The van der Waals surface area contributed by atoms with Crippen molar-refractivity contribution in [2.45, 2.75) is 45.6 Å². The van der Waals surface area contributed by atoms with Gasteiger partial charge in [-0.3, -0.25) is 4.90 Å². The monoisotopic (exact) mass is 497 g/mol. The molecule has 8 heteroatoms. The molecule has 3 aromatic rings. The topological polar surface area (TPSA) is 71.2 Å². The van der Waals surface area contributed by atoms with Crippen LogP contribution in [-0.4, -0.2) is 66.8 Å². The van der Waals surface area contributed by atoms with Crippen molar-refractivity contribution in [3.05, 3.63) is 71.5 Å². The van der Waals surface area contributed by atoms with Gasteiger partial charge >= 0.3 is 0 Å². The zero-order chi connectivity index (χ0) is 25.3. The third-order valence-electron chi connectivity index (χ3n) is 6.64. The molecule has 194 valence electrons. The minimum absolute atomic E-state index is 0.176. The third-order valence-corrected chi connectivity index (χ3v) is 6.64. The molecular formula is C28H36FN3O4. The van der Waals surface area contributed by atoms with Crippen LogP contribution in [0.15, 0.2) is 59.1 Å². The van der Waals surface area contributed by atoms with Gasteiger partial charge in [-0.15, -0.1) is 0 Å². The molecule has 7 nitrogen and oxygen atoms in total. The maximum absolute atomic E-state index is 14.8. The lowest BCUT2D eigenvalue weighted by Crippen LogP contribution is -2.41. The van der Waals surface area contributed by atoms with Gasteiger partial charge in [-0.25, -0.2) is 4.39 Å². The van der Waals surface area contributed by atoms with Crippen LogP contribution in [0.1, 0.15) is 31.4 Å². The zero-order valence-electron chi connectivity index (χ0n) is 21.1. The first-order valence-electron chi connectivity index (χ1n) is 12.7. The Morgan fingerprint density at radius 3 is 2.56 bits per heavy atom. The fourth-order valence-corrected chi connectivity index (χ4v) is 4.39. The van der Waals surface area contributed by atoms with Gasteiger partial charge in [0.05, 0.1) is 38.1 Å². The second kappa shape index (κ2) is 13.0. The molecular weight excluding hydrogens is 461 g/mol. The van der Waals surface area contributed by atoms with E-state index in [4.69, 9.17) is 14.0 Å². The Labute approximate surface area is 212 Å². The summed E-state index contributed by atoms with van der Waals surface area (Å²) < 4.78 is 31.9. The van der Waals surface area contributed by atoms with Crippen molar-refractivity contribution in [1.29, 1.82) is 0 Å². The Bertz CT molecular complexity index is 1070. The Morgan fingerprint density at radius 1 is 1.11 bits per heavy atom. The highest BCUT2D eigenvalue weighted by molar-refractivity contribution is 5.69. The number of aliphatic hydroxyl groups is 1. The van der Waals surface area contributed by atoms with E-state index in [1.54, 1.807) is 18.2 Å². The summed E-state index contributed by atoms with van der Waals surface area (Å²) in [6.45, 7) is 8.35. The molecule has 0 spiro atoms. The molecule has 2 heterocycles. The van der Waals surface area contributed by atoms with Crippen LogP contribution >= 0.6 is 0 Å². The number of hydrogen-bond donors (Lipinski definition) is 1. The SMILES string of the molecule is CC[C@H](C)N(Cc1c(-c2ccccc2F)noc1N1CCOCC1)C[C@@H](O)COCc1ccccc1. The molecule has 2 aromatic carbocycles. The molecule has 2 atom stereocenters. The first-order chi connectivity index (χ1) is 17.6. The second-order valence-electron chi connectivity index (χ2n) is 9.24. The number of aliphatic hydroxyl groups excluding tert-OH is 1. The summed E-state index contributed by atoms with van der Waals surface area (Å²) in [7, 11) is 0. The van der Waals surface area contributed by atoms with Gasteiger partial charge in [0.15, 0.2) is 0 Å². The van der Waals surface area contributed by atoms with Crippen LogP contribution in [0.4, 0.5) is 10.3 Å². The first-order valence-corrected chi connectivity index (χ1v) is 12.7. The Balaban J connectivity index is 1.53. The van der Waals surface area contributed by atoms with Crippen molar-refractivity contribution in [3.8, 4) is 11.3 Å². The number of morpholine rings is 1. The predicted octanol–water partition coefficient (Wildman–Crippen LogP) is 4.50. The van der Waals surface area contributed by atoms with E-state index in [-0.39, 0.29) is 18.5 Å². The summed E-state index contributed by atoms with van der Waals surface area (Å²) in [5.41, 5.74) is 2.79. The number of ether oxygens (including phenoxy) is 2.